The lowest BCUT2D eigenvalue weighted by Crippen LogP contribution is -2.49. The van der Waals surface area contributed by atoms with E-state index in [0.717, 1.165) is 31.4 Å². The molecule has 324 valence electrons. The van der Waals surface area contributed by atoms with E-state index in [1.165, 1.54) is 7.11 Å². The quantitative estimate of drug-likeness (QED) is 0.0580. The molecule has 1 aliphatic rings. The van der Waals surface area contributed by atoms with Crippen molar-refractivity contribution in [3.05, 3.63) is 35.9 Å². The number of esters is 1. The molecule has 0 radical (unpaired) electrons. The monoisotopic (exact) mass is 840 g/mol. The van der Waals surface area contributed by atoms with Crippen LogP contribution in [0.1, 0.15) is 57.4 Å². The lowest BCUT2D eigenvalue weighted by Gasteiger charge is -2.27. The molecule has 1 fully saturated rings. The molecule has 0 spiro atoms. The van der Waals surface area contributed by atoms with Crippen LogP contribution in [0.3, 0.4) is 0 Å². The van der Waals surface area contributed by atoms with E-state index in [1.807, 2.05) is 30.3 Å². The molecule has 1 saturated heterocycles. The van der Waals surface area contributed by atoms with Crippen LogP contribution < -0.4 is 21.7 Å². The van der Waals surface area contributed by atoms with Gasteiger partial charge in [0.05, 0.1) is 31.2 Å². The van der Waals surface area contributed by atoms with Gasteiger partial charge in [0.2, 0.25) is 5.91 Å². The molecule has 1 aromatic rings. The number of hydrogen-bond acceptors (Lipinski definition) is 10. The molecule has 2 rings (SSSR count). The standard InChI is InChI=1S/C28H42N4O4.3C2HF3O2/c1-3-4-13-23(32-27(34)24(29)18-21-11-7-5-8-12-21)20-30-16-10-6-9-14-26(33)25-19-22(15-17-31-25)28(35)36-2;3*3-2(4,5)1(6)7/h5,7-8,11-12,22-25,30-31H,6,9-10,13-20,29H2,1-2H3,(H,32,34);3*(H,6,7)/t22?,23-,24-,25?;;;/m1.../s1. The van der Waals surface area contributed by atoms with E-state index < -0.39 is 42.5 Å². The van der Waals surface area contributed by atoms with Gasteiger partial charge in [-0.1, -0.05) is 36.8 Å². The van der Waals surface area contributed by atoms with Gasteiger partial charge in [0.25, 0.3) is 0 Å². The SMILES string of the molecule is CC#CC[C@H](CNCCCCCC(=O)C1CC(C(=O)OC)CCN1)NC(=O)[C@H](N)Cc1ccccc1.O=C(O)C(F)(F)F.O=C(O)C(F)(F)F.O=C(O)C(F)(F)F. The Hall–Kier alpha value is -4.95. The van der Waals surface area contributed by atoms with Gasteiger partial charge in [-0.05, 0) is 57.7 Å². The number of carbonyl (C=O) groups is 6. The molecule has 8 N–H and O–H groups in total. The Labute approximate surface area is 321 Å². The van der Waals surface area contributed by atoms with Gasteiger partial charge in [-0.15, -0.1) is 11.8 Å². The first-order chi connectivity index (χ1) is 26.3. The zero-order chi connectivity index (χ0) is 44.4. The van der Waals surface area contributed by atoms with Gasteiger partial charge < -0.3 is 41.7 Å². The number of carbonyl (C=O) groups excluding carboxylic acids is 3. The zero-order valence-corrected chi connectivity index (χ0v) is 30.7. The molecule has 0 saturated carbocycles. The molecule has 1 aromatic carbocycles. The number of halogens is 9. The number of hydrogen-bond donors (Lipinski definition) is 7. The van der Waals surface area contributed by atoms with Crippen LogP contribution in [0.25, 0.3) is 0 Å². The highest BCUT2D eigenvalue weighted by Crippen LogP contribution is 2.20. The highest BCUT2D eigenvalue weighted by atomic mass is 19.4. The van der Waals surface area contributed by atoms with Crippen molar-refractivity contribution in [3.63, 3.8) is 0 Å². The van der Waals surface area contributed by atoms with Gasteiger partial charge in [-0.25, -0.2) is 14.4 Å². The van der Waals surface area contributed by atoms with E-state index in [4.69, 9.17) is 40.2 Å². The molecular formula is C34H45F9N4O10. The minimum atomic E-state index is -5.08. The number of methoxy groups -OCH3 is 1. The number of carboxylic acid groups (broad SMARTS) is 3. The minimum absolute atomic E-state index is 0.117. The maximum Gasteiger partial charge on any atom is 0.490 e. The maximum absolute atomic E-state index is 12.6. The van der Waals surface area contributed by atoms with E-state index in [1.54, 1.807) is 6.92 Å². The van der Waals surface area contributed by atoms with Crippen molar-refractivity contribution in [3.8, 4) is 11.8 Å². The van der Waals surface area contributed by atoms with Crippen molar-refractivity contribution in [1.82, 2.24) is 16.0 Å². The largest absolute Gasteiger partial charge is 0.490 e. The number of rotatable bonds is 15. The van der Waals surface area contributed by atoms with E-state index in [2.05, 4.69) is 27.8 Å². The van der Waals surface area contributed by atoms with Gasteiger partial charge in [0.15, 0.2) is 0 Å². The number of ketones is 1. The number of nitrogens with one attached hydrogen (secondary N) is 3. The second-order valence-electron chi connectivity index (χ2n) is 11.8. The molecule has 2 unspecified atom stereocenters. The van der Waals surface area contributed by atoms with E-state index >= 15 is 0 Å². The van der Waals surface area contributed by atoms with Crippen molar-refractivity contribution in [1.29, 1.82) is 0 Å². The summed E-state index contributed by atoms with van der Waals surface area (Å²) in [7, 11) is 1.39. The van der Waals surface area contributed by atoms with Crippen molar-refractivity contribution < 1.29 is 88.3 Å². The summed E-state index contributed by atoms with van der Waals surface area (Å²) in [5.74, 6) is -2.76. The van der Waals surface area contributed by atoms with Crippen LogP contribution in [0.15, 0.2) is 30.3 Å². The zero-order valence-electron chi connectivity index (χ0n) is 30.7. The minimum Gasteiger partial charge on any atom is -0.475 e. The van der Waals surface area contributed by atoms with Crippen LogP contribution in [-0.4, -0.2) is 114 Å². The average molecular weight is 841 g/mol. The number of unbranched alkanes of at least 4 members (excludes halogenated alkanes) is 2. The first-order valence-corrected chi connectivity index (χ1v) is 16.7. The number of piperidine rings is 1. The number of nitrogens with two attached hydrogens (primary N) is 1. The number of alkyl halides is 9. The first-order valence-electron chi connectivity index (χ1n) is 16.7. The van der Waals surface area contributed by atoms with Gasteiger partial charge in [0.1, 0.15) is 5.78 Å². The Morgan fingerprint density at radius 3 is 1.84 bits per heavy atom. The van der Waals surface area contributed by atoms with Crippen LogP contribution >= 0.6 is 0 Å². The summed E-state index contributed by atoms with van der Waals surface area (Å²) < 4.78 is 100. The predicted molar refractivity (Wildman–Crippen MR) is 182 cm³/mol. The van der Waals surface area contributed by atoms with Crippen molar-refractivity contribution >= 4 is 35.6 Å². The van der Waals surface area contributed by atoms with Crippen molar-refractivity contribution in [2.24, 2.45) is 11.7 Å². The normalized spacial score (nSPS) is 16.1. The second-order valence-corrected chi connectivity index (χ2v) is 11.8. The number of aliphatic carboxylic acids is 3. The fourth-order valence-electron chi connectivity index (χ4n) is 4.39. The number of ether oxygens (including phenoxy) is 1. The number of Topliss-reactive ketones (excluding diaryl/α,β-unsaturated/α-hetero) is 1. The van der Waals surface area contributed by atoms with Crippen LogP contribution in [0.4, 0.5) is 39.5 Å². The lowest BCUT2D eigenvalue weighted by atomic mass is 9.89. The summed E-state index contributed by atoms with van der Waals surface area (Å²) in [6.45, 7) is 3.85. The second kappa shape index (κ2) is 27.6. The molecule has 0 aliphatic carbocycles. The number of carboxylic acids is 3. The third-order valence-corrected chi connectivity index (χ3v) is 7.23. The van der Waals surface area contributed by atoms with Gasteiger partial charge in [-0.3, -0.25) is 14.4 Å². The fraction of sp³-hybridized carbons (Fsp3) is 0.588. The Balaban J connectivity index is 0. The Bertz CT molecular complexity index is 1410. The predicted octanol–water partition coefficient (Wildman–Crippen LogP) is 3.61. The summed E-state index contributed by atoms with van der Waals surface area (Å²) in [4.78, 5) is 63.6. The molecule has 0 aromatic heterocycles. The fourth-order valence-corrected chi connectivity index (χ4v) is 4.39. The molecule has 57 heavy (non-hydrogen) atoms. The summed E-state index contributed by atoms with van der Waals surface area (Å²) in [6, 6.07) is 8.77. The summed E-state index contributed by atoms with van der Waals surface area (Å²) in [6.07, 6.45) is -9.77. The van der Waals surface area contributed by atoms with Crippen molar-refractivity contribution in [2.45, 2.75) is 94.9 Å². The van der Waals surface area contributed by atoms with Gasteiger partial charge >= 0.3 is 42.4 Å². The molecule has 23 heteroatoms. The highest BCUT2D eigenvalue weighted by Gasteiger charge is 2.39. The summed E-state index contributed by atoms with van der Waals surface area (Å²) in [5.41, 5.74) is 7.15. The molecule has 1 aliphatic heterocycles. The molecule has 1 heterocycles. The Morgan fingerprint density at radius 1 is 0.877 bits per heavy atom. The lowest BCUT2D eigenvalue weighted by molar-refractivity contribution is -0.193. The summed E-state index contributed by atoms with van der Waals surface area (Å²) in [5, 5.41) is 31.0. The Morgan fingerprint density at radius 2 is 1.39 bits per heavy atom. The van der Waals surface area contributed by atoms with E-state index in [9.17, 15) is 53.9 Å². The van der Waals surface area contributed by atoms with E-state index in [0.29, 0.717) is 45.2 Å². The number of benzene rings is 1. The third kappa shape index (κ3) is 27.3. The first kappa shape index (κ1) is 54.2. The molecule has 14 nitrogen and oxygen atoms in total. The number of amides is 1. The van der Waals surface area contributed by atoms with Gasteiger partial charge in [-0.2, -0.15) is 39.5 Å². The van der Waals surface area contributed by atoms with Gasteiger partial charge in [0, 0.05) is 19.4 Å². The van der Waals surface area contributed by atoms with Crippen LogP contribution in [0.2, 0.25) is 0 Å². The average Bonchev–Trinajstić information content (AvgIpc) is 3.12. The maximum atomic E-state index is 12.6. The summed E-state index contributed by atoms with van der Waals surface area (Å²) >= 11 is 0. The van der Waals surface area contributed by atoms with Crippen LogP contribution in [-0.2, 0) is 39.9 Å². The molecule has 0 bridgehead atoms. The van der Waals surface area contributed by atoms with E-state index in [-0.39, 0.29) is 35.7 Å². The van der Waals surface area contributed by atoms with Crippen LogP contribution in [0.5, 0.6) is 0 Å². The van der Waals surface area contributed by atoms with Crippen LogP contribution in [0, 0.1) is 17.8 Å². The highest BCUT2D eigenvalue weighted by molar-refractivity contribution is 5.85. The third-order valence-electron chi connectivity index (χ3n) is 7.23. The smallest absolute Gasteiger partial charge is 0.475 e. The molecule has 4 atom stereocenters. The molecule has 1 amide bonds. The topological polar surface area (TPSA) is 234 Å². The molecular weight excluding hydrogens is 795 g/mol. The Kier molecular flexibility index (Phi) is 26.2. The van der Waals surface area contributed by atoms with Crippen molar-refractivity contribution in [2.75, 3.05) is 26.7 Å².